The number of rotatable bonds is 14. The van der Waals surface area contributed by atoms with Gasteiger partial charge in [0.05, 0.1) is 19.3 Å². The number of carbonyl (C=O) groups excluding carboxylic acids is 2. The second-order valence-electron chi connectivity index (χ2n) is 7.65. The number of aliphatic hydroxyl groups excluding tert-OH is 1. The Morgan fingerprint density at radius 1 is 1.19 bits per heavy atom. The molecule has 5 nitrogen and oxygen atoms in total. The molecule has 0 saturated heterocycles. The number of methoxy groups -OCH3 is 2. The maximum absolute atomic E-state index is 12.4. The topological polar surface area (TPSA) is 72.8 Å². The van der Waals surface area contributed by atoms with Crippen molar-refractivity contribution in [3.63, 3.8) is 0 Å². The number of allylic oxidation sites excluding steroid dienone is 1. The van der Waals surface area contributed by atoms with Gasteiger partial charge in [-0.3, -0.25) is 4.79 Å². The van der Waals surface area contributed by atoms with Crippen molar-refractivity contribution in [2.24, 2.45) is 11.8 Å². The Hall–Kier alpha value is -1.20. The maximum atomic E-state index is 12.4. The fraction of sp³-hybridized carbons (Fsp3) is 0.818. The van der Waals surface area contributed by atoms with Gasteiger partial charge in [-0.05, 0) is 44.4 Å². The number of ketones is 1. The van der Waals surface area contributed by atoms with E-state index >= 15 is 0 Å². The number of esters is 1. The summed E-state index contributed by atoms with van der Waals surface area (Å²) >= 11 is 0. The van der Waals surface area contributed by atoms with Crippen molar-refractivity contribution >= 4 is 11.8 Å². The highest BCUT2D eigenvalue weighted by Gasteiger charge is 2.41. The van der Waals surface area contributed by atoms with Crippen molar-refractivity contribution in [3.05, 3.63) is 12.2 Å². The molecule has 1 unspecified atom stereocenters. The normalized spacial score (nSPS) is 23.9. The smallest absolute Gasteiger partial charge is 0.330 e. The molecule has 27 heavy (non-hydrogen) atoms. The Kier molecular flexibility index (Phi) is 12.3. The van der Waals surface area contributed by atoms with E-state index in [1.807, 2.05) is 6.08 Å². The van der Waals surface area contributed by atoms with Crippen molar-refractivity contribution in [1.29, 1.82) is 0 Å². The van der Waals surface area contributed by atoms with Gasteiger partial charge in [0.1, 0.15) is 5.78 Å². The average molecular weight is 383 g/mol. The minimum Gasteiger partial charge on any atom is -0.466 e. The number of carbonyl (C=O) groups is 2. The first kappa shape index (κ1) is 23.8. The van der Waals surface area contributed by atoms with Crippen LogP contribution in [-0.2, 0) is 19.1 Å². The van der Waals surface area contributed by atoms with Gasteiger partial charge < -0.3 is 14.6 Å². The number of Topliss-reactive ketones (excluding diaryl/α,β-unsaturated/α-hetero) is 1. The molecule has 0 aliphatic heterocycles. The van der Waals surface area contributed by atoms with Gasteiger partial charge in [-0.1, -0.05) is 38.7 Å². The summed E-state index contributed by atoms with van der Waals surface area (Å²) in [5, 5.41) is 10.0. The van der Waals surface area contributed by atoms with Gasteiger partial charge >= 0.3 is 5.97 Å². The van der Waals surface area contributed by atoms with Gasteiger partial charge in [0.25, 0.3) is 0 Å². The highest BCUT2D eigenvalue weighted by Crippen LogP contribution is 2.38. The molecular formula is C22H38O5. The molecule has 1 saturated carbocycles. The van der Waals surface area contributed by atoms with Gasteiger partial charge in [-0.2, -0.15) is 0 Å². The summed E-state index contributed by atoms with van der Waals surface area (Å²) in [6.45, 7) is 2.13. The Bertz CT molecular complexity index is 460. The molecule has 5 heteroatoms. The Balaban J connectivity index is 2.39. The van der Waals surface area contributed by atoms with Crippen LogP contribution in [0.15, 0.2) is 12.2 Å². The zero-order chi connectivity index (χ0) is 20.1. The first-order valence-corrected chi connectivity index (χ1v) is 10.5. The average Bonchev–Trinajstić information content (AvgIpc) is 2.97. The molecule has 0 aromatic heterocycles. The van der Waals surface area contributed by atoms with E-state index in [1.165, 1.54) is 13.2 Å². The van der Waals surface area contributed by atoms with Crippen molar-refractivity contribution in [3.8, 4) is 0 Å². The molecule has 0 aromatic carbocycles. The third-order valence-electron chi connectivity index (χ3n) is 5.67. The van der Waals surface area contributed by atoms with Gasteiger partial charge in [0.2, 0.25) is 0 Å². The Labute approximate surface area is 164 Å². The van der Waals surface area contributed by atoms with Gasteiger partial charge in [0, 0.05) is 25.5 Å². The second-order valence-corrected chi connectivity index (χ2v) is 7.65. The zero-order valence-electron chi connectivity index (χ0n) is 17.3. The fourth-order valence-corrected chi connectivity index (χ4v) is 4.07. The second kappa shape index (κ2) is 13.9. The molecular weight excluding hydrogens is 344 g/mol. The molecule has 0 aromatic rings. The number of ether oxygens (including phenoxy) is 2. The molecule has 1 N–H and O–H groups in total. The number of hydrogen-bond donors (Lipinski definition) is 1. The molecule has 1 aliphatic carbocycles. The highest BCUT2D eigenvalue weighted by atomic mass is 16.5. The van der Waals surface area contributed by atoms with Crippen LogP contribution < -0.4 is 0 Å². The first-order valence-electron chi connectivity index (χ1n) is 10.5. The molecule has 0 bridgehead atoms. The zero-order valence-corrected chi connectivity index (χ0v) is 17.3. The summed E-state index contributed by atoms with van der Waals surface area (Å²) in [5.74, 6) is 0.340. The Morgan fingerprint density at radius 2 is 1.93 bits per heavy atom. The lowest BCUT2D eigenvalue weighted by Crippen LogP contribution is -2.23. The lowest BCUT2D eigenvalue weighted by atomic mass is 9.85. The largest absolute Gasteiger partial charge is 0.466 e. The van der Waals surface area contributed by atoms with Crippen LogP contribution in [0, 0.1) is 11.8 Å². The van der Waals surface area contributed by atoms with E-state index < -0.39 is 0 Å². The summed E-state index contributed by atoms with van der Waals surface area (Å²) in [5.41, 5.74) is 0. The minimum atomic E-state index is -0.329. The van der Waals surface area contributed by atoms with E-state index in [1.54, 1.807) is 7.11 Å². The molecule has 0 amide bonds. The van der Waals surface area contributed by atoms with Crippen molar-refractivity contribution < 1.29 is 24.2 Å². The molecule has 0 heterocycles. The predicted molar refractivity (Wildman–Crippen MR) is 106 cm³/mol. The van der Waals surface area contributed by atoms with E-state index in [9.17, 15) is 14.7 Å². The van der Waals surface area contributed by atoms with Crippen molar-refractivity contribution in [2.75, 3.05) is 14.2 Å². The number of hydrogen-bond acceptors (Lipinski definition) is 5. The maximum Gasteiger partial charge on any atom is 0.330 e. The summed E-state index contributed by atoms with van der Waals surface area (Å²) < 4.78 is 10.1. The van der Waals surface area contributed by atoms with Crippen LogP contribution >= 0.6 is 0 Å². The standard InChI is InChI=1S/C22H38O5/c1-4-5-11-17(23)12-10-14-19-18(20(24)16-21(19)26-2)13-8-6-7-9-15-22(25)27-3/h9,15,17-19,21,23H,4-8,10-14,16H2,1-3H3/t17?,18-,19-,21-/m1/s1. The van der Waals surface area contributed by atoms with Crippen molar-refractivity contribution in [2.45, 2.75) is 89.8 Å². The van der Waals surface area contributed by atoms with Gasteiger partial charge in [-0.25, -0.2) is 4.79 Å². The summed E-state index contributed by atoms with van der Waals surface area (Å²) in [6.07, 6.45) is 13.0. The number of aliphatic hydroxyl groups is 1. The third kappa shape index (κ3) is 9.02. The third-order valence-corrected chi connectivity index (χ3v) is 5.67. The van der Waals surface area contributed by atoms with E-state index in [2.05, 4.69) is 11.7 Å². The van der Waals surface area contributed by atoms with Crippen LogP contribution in [0.4, 0.5) is 0 Å². The highest BCUT2D eigenvalue weighted by molar-refractivity contribution is 5.84. The number of unbranched alkanes of at least 4 members (excludes halogenated alkanes) is 3. The molecule has 1 aliphatic rings. The van der Waals surface area contributed by atoms with Crippen LogP contribution in [0.3, 0.4) is 0 Å². The van der Waals surface area contributed by atoms with E-state index in [4.69, 9.17) is 4.74 Å². The molecule has 0 radical (unpaired) electrons. The molecule has 0 spiro atoms. The van der Waals surface area contributed by atoms with Crippen molar-refractivity contribution in [1.82, 2.24) is 0 Å². The van der Waals surface area contributed by atoms with E-state index in [-0.39, 0.29) is 30.0 Å². The van der Waals surface area contributed by atoms with Gasteiger partial charge in [-0.15, -0.1) is 0 Å². The summed E-state index contributed by atoms with van der Waals surface area (Å²) in [4.78, 5) is 23.5. The molecule has 1 fully saturated rings. The quantitative estimate of drug-likeness (QED) is 0.277. The van der Waals surface area contributed by atoms with E-state index in [0.717, 1.165) is 64.2 Å². The minimum absolute atomic E-state index is 0.0227. The van der Waals surface area contributed by atoms with Crippen LogP contribution in [0.5, 0.6) is 0 Å². The molecule has 156 valence electrons. The molecule has 1 rings (SSSR count). The SMILES string of the molecule is CCCCC(O)CCC[C@H]1[C@H](OC)CC(=O)[C@@H]1CCCCC=CC(=O)OC. The van der Waals surface area contributed by atoms with Crippen LogP contribution in [0.25, 0.3) is 0 Å². The van der Waals surface area contributed by atoms with Crippen LogP contribution in [-0.4, -0.2) is 43.3 Å². The lowest BCUT2D eigenvalue weighted by Gasteiger charge is -2.23. The monoisotopic (exact) mass is 382 g/mol. The van der Waals surface area contributed by atoms with E-state index in [0.29, 0.717) is 12.2 Å². The molecule has 4 atom stereocenters. The predicted octanol–water partition coefficient (Wildman–Crippen LogP) is 4.22. The lowest BCUT2D eigenvalue weighted by molar-refractivity contribution is -0.134. The summed E-state index contributed by atoms with van der Waals surface area (Å²) in [6, 6.07) is 0. The summed E-state index contributed by atoms with van der Waals surface area (Å²) in [7, 11) is 3.06. The Morgan fingerprint density at radius 3 is 2.59 bits per heavy atom. The first-order chi connectivity index (χ1) is 13.0. The van der Waals surface area contributed by atoms with Gasteiger partial charge in [0.15, 0.2) is 0 Å². The fourth-order valence-electron chi connectivity index (χ4n) is 4.07. The van der Waals surface area contributed by atoms with Crippen LogP contribution in [0.1, 0.15) is 77.6 Å². The van der Waals surface area contributed by atoms with Crippen LogP contribution in [0.2, 0.25) is 0 Å².